The lowest BCUT2D eigenvalue weighted by molar-refractivity contribution is -0.119. The van der Waals surface area contributed by atoms with Gasteiger partial charge in [-0.2, -0.15) is 0 Å². The summed E-state index contributed by atoms with van der Waals surface area (Å²) in [7, 11) is 0. The molecule has 0 saturated carbocycles. The van der Waals surface area contributed by atoms with E-state index in [2.05, 4.69) is 16.8 Å². The number of hydrogen-bond acceptors (Lipinski definition) is 3. The predicted molar refractivity (Wildman–Crippen MR) is 56.5 cm³/mol. The summed E-state index contributed by atoms with van der Waals surface area (Å²) in [5.74, 6) is 1.70. The first-order valence-corrected chi connectivity index (χ1v) is 6.08. The Morgan fingerprint density at radius 1 is 1.77 bits per heavy atom. The Morgan fingerprint density at radius 3 is 3.38 bits per heavy atom. The van der Waals surface area contributed by atoms with Crippen molar-refractivity contribution in [2.45, 2.75) is 17.1 Å². The van der Waals surface area contributed by atoms with E-state index in [4.69, 9.17) is 0 Å². The first kappa shape index (κ1) is 9.09. The van der Waals surface area contributed by atoms with Crippen molar-refractivity contribution in [1.82, 2.24) is 5.32 Å². The third-order valence-corrected chi connectivity index (χ3v) is 4.54. The monoisotopic (exact) mass is 213 g/mol. The van der Waals surface area contributed by atoms with Gasteiger partial charge in [0.1, 0.15) is 0 Å². The molecule has 2 heterocycles. The van der Waals surface area contributed by atoms with E-state index in [1.807, 2.05) is 11.8 Å². The lowest BCUT2D eigenvalue weighted by Crippen LogP contribution is -2.25. The van der Waals surface area contributed by atoms with Gasteiger partial charge in [-0.05, 0) is 17.0 Å². The third kappa shape index (κ3) is 1.89. The Kier molecular flexibility index (Phi) is 2.60. The zero-order valence-corrected chi connectivity index (χ0v) is 9.00. The van der Waals surface area contributed by atoms with Crippen LogP contribution in [0.2, 0.25) is 0 Å². The van der Waals surface area contributed by atoms with Crippen LogP contribution in [-0.4, -0.2) is 18.2 Å². The first-order chi connectivity index (χ1) is 6.27. The number of hydrogen-bond donors (Lipinski definition) is 1. The number of fused-ring (bicyclic) bond motifs is 1. The fourth-order valence-corrected chi connectivity index (χ4v) is 3.83. The van der Waals surface area contributed by atoms with Crippen LogP contribution in [-0.2, 0) is 4.79 Å². The van der Waals surface area contributed by atoms with Crippen molar-refractivity contribution in [1.29, 1.82) is 0 Å². The zero-order chi connectivity index (χ0) is 9.26. The summed E-state index contributed by atoms with van der Waals surface area (Å²) < 4.78 is 1.43. The molecule has 1 atom stereocenters. The van der Waals surface area contributed by atoms with Crippen LogP contribution in [0, 0.1) is 0 Å². The number of rotatable bonds is 2. The standard InChI is InChI=1S/C9H11NOS2/c1-6(11)10-4-7-5-13-9-8(7)2-3-12-9/h2-3,7H,4-5H2,1H3,(H,10,11). The van der Waals surface area contributed by atoms with Gasteiger partial charge < -0.3 is 5.32 Å². The summed E-state index contributed by atoms with van der Waals surface area (Å²) in [6.07, 6.45) is 0. The van der Waals surface area contributed by atoms with Crippen LogP contribution in [0.1, 0.15) is 18.4 Å². The largest absolute Gasteiger partial charge is 0.356 e. The molecule has 1 N–H and O–H groups in total. The van der Waals surface area contributed by atoms with Gasteiger partial charge in [0.05, 0.1) is 4.21 Å². The molecule has 1 amide bonds. The van der Waals surface area contributed by atoms with Crippen molar-refractivity contribution in [3.63, 3.8) is 0 Å². The van der Waals surface area contributed by atoms with Gasteiger partial charge in [-0.15, -0.1) is 23.1 Å². The second-order valence-corrected chi connectivity index (χ2v) is 5.31. The number of carbonyl (C=O) groups excluding carboxylic acids is 1. The molecule has 70 valence electrons. The molecule has 2 nitrogen and oxygen atoms in total. The lowest BCUT2D eigenvalue weighted by atomic mass is 10.1. The van der Waals surface area contributed by atoms with Crippen LogP contribution in [0.4, 0.5) is 0 Å². The van der Waals surface area contributed by atoms with Gasteiger partial charge in [-0.1, -0.05) is 0 Å². The summed E-state index contributed by atoms with van der Waals surface area (Å²) in [5.41, 5.74) is 1.42. The van der Waals surface area contributed by atoms with E-state index in [1.165, 1.54) is 9.77 Å². The second-order valence-electron chi connectivity index (χ2n) is 3.11. The molecule has 0 spiro atoms. The van der Waals surface area contributed by atoms with Crippen LogP contribution in [0.5, 0.6) is 0 Å². The highest BCUT2D eigenvalue weighted by Crippen LogP contribution is 2.42. The van der Waals surface area contributed by atoms with Gasteiger partial charge >= 0.3 is 0 Å². The molecule has 1 aromatic rings. The van der Waals surface area contributed by atoms with Gasteiger partial charge in [-0.25, -0.2) is 0 Å². The van der Waals surface area contributed by atoms with Crippen LogP contribution in [0.3, 0.4) is 0 Å². The topological polar surface area (TPSA) is 29.1 Å². The van der Waals surface area contributed by atoms with Crippen molar-refractivity contribution < 1.29 is 4.79 Å². The Bertz CT molecular complexity index is 321. The molecule has 13 heavy (non-hydrogen) atoms. The molecule has 0 bridgehead atoms. The van der Waals surface area contributed by atoms with E-state index in [1.54, 1.807) is 18.3 Å². The number of thiophene rings is 1. The molecule has 0 fully saturated rings. The minimum absolute atomic E-state index is 0.0636. The van der Waals surface area contributed by atoms with E-state index < -0.39 is 0 Å². The maximum Gasteiger partial charge on any atom is 0.216 e. The van der Waals surface area contributed by atoms with E-state index in [0.29, 0.717) is 5.92 Å². The van der Waals surface area contributed by atoms with E-state index in [-0.39, 0.29) is 5.91 Å². The van der Waals surface area contributed by atoms with E-state index in [0.717, 1.165) is 12.3 Å². The summed E-state index contributed by atoms with van der Waals surface area (Å²) >= 11 is 3.70. The molecular weight excluding hydrogens is 202 g/mol. The molecule has 1 aromatic heterocycles. The molecule has 0 saturated heterocycles. The normalized spacial score (nSPS) is 19.9. The lowest BCUT2D eigenvalue weighted by Gasteiger charge is -2.08. The molecule has 1 aliphatic heterocycles. The Balaban J connectivity index is 2.00. The first-order valence-electron chi connectivity index (χ1n) is 4.22. The second kappa shape index (κ2) is 3.72. The maximum absolute atomic E-state index is 10.7. The Morgan fingerprint density at radius 2 is 2.62 bits per heavy atom. The maximum atomic E-state index is 10.7. The number of thioether (sulfide) groups is 1. The van der Waals surface area contributed by atoms with Crippen LogP contribution in [0.15, 0.2) is 15.7 Å². The average Bonchev–Trinajstić information content (AvgIpc) is 2.60. The minimum Gasteiger partial charge on any atom is -0.356 e. The van der Waals surface area contributed by atoms with Gasteiger partial charge in [0.15, 0.2) is 0 Å². The van der Waals surface area contributed by atoms with Crippen molar-refractivity contribution in [2.24, 2.45) is 0 Å². The Hall–Kier alpha value is -0.480. The van der Waals surface area contributed by atoms with Gasteiger partial charge in [0.2, 0.25) is 5.91 Å². The summed E-state index contributed by atoms with van der Waals surface area (Å²) in [6, 6.07) is 2.17. The fraction of sp³-hybridized carbons (Fsp3) is 0.444. The highest BCUT2D eigenvalue weighted by Gasteiger charge is 2.23. The third-order valence-electron chi connectivity index (χ3n) is 2.11. The van der Waals surface area contributed by atoms with E-state index >= 15 is 0 Å². The molecule has 0 radical (unpaired) electrons. The molecule has 4 heteroatoms. The van der Waals surface area contributed by atoms with Crippen LogP contribution >= 0.6 is 23.1 Å². The zero-order valence-electron chi connectivity index (χ0n) is 7.37. The molecule has 2 rings (SSSR count). The molecule has 1 unspecified atom stereocenters. The summed E-state index contributed by atoms with van der Waals surface area (Å²) in [4.78, 5) is 10.7. The van der Waals surface area contributed by atoms with Gasteiger partial charge in [0.25, 0.3) is 0 Å². The average molecular weight is 213 g/mol. The van der Waals surface area contributed by atoms with Crippen molar-refractivity contribution >= 4 is 29.0 Å². The Labute approximate surface area is 85.7 Å². The fourth-order valence-electron chi connectivity index (χ4n) is 1.43. The molecular formula is C9H11NOS2. The quantitative estimate of drug-likeness (QED) is 0.815. The van der Waals surface area contributed by atoms with E-state index in [9.17, 15) is 4.79 Å². The van der Waals surface area contributed by atoms with Crippen molar-refractivity contribution in [3.05, 3.63) is 17.0 Å². The predicted octanol–water partition coefficient (Wildman–Crippen LogP) is 2.07. The minimum atomic E-state index is 0.0636. The molecule has 1 aliphatic rings. The van der Waals surface area contributed by atoms with Gasteiger partial charge in [-0.3, -0.25) is 4.79 Å². The number of carbonyl (C=O) groups is 1. The SMILES string of the molecule is CC(=O)NCC1CSc2sccc21. The summed E-state index contributed by atoms with van der Waals surface area (Å²) in [6.45, 7) is 2.35. The smallest absolute Gasteiger partial charge is 0.216 e. The van der Waals surface area contributed by atoms with Crippen LogP contribution < -0.4 is 5.32 Å². The molecule has 0 aliphatic carbocycles. The van der Waals surface area contributed by atoms with Crippen LogP contribution in [0.25, 0.3) is 0 Å². The molecule has 0 aromatic carbocycles. The van der Waals surface area contributed by atoms with Crippen molar-refractivity contribution in [2.75, 3.05) is 12.3 Å². The highest BCUT2D eigenvalue weighted by atomic mass is 32.2. The van der Waals surface area contributed by atoms with Crippen molar-refractivity contribution in [3.8, 4) is 0 Å². The summed E-state index contributed by atoms with van der Waals surface area (Å²) in [5, 5.41) is 4.99. The number of nitrogens with one attached hydrogen (secondary N) is 1. The van der Waals surface area contributed by atoms with Gasteiger partial charge in [0, 0.05) is 25.1 Å². The number of amides is 1. The highest BCUT2D eigenvalue weighted by molar-refractivity contribution is 8.01.